The predicted molar refractivity (Wildman–Crippen MR) is 89.6 cm³/mol. The third-order valence-corrected chi connectivity index (χ3v) is 4.66. The highest BCUT2D eigenvalue weighted by atomic mass is 16.5. The van der Waals surface area contributed by atoms with Gasteiger partial charge in [-0.25, -0.2) is 0 Å². The number of β-amino-alcohol motifs (C(OH)–C–C–N with tert-alkyl or cyclic N) is 1. The number of aromatic nitrogens is 2. The lowest BCUT2D eigenvalue weighted by Crippen LogP contribution is -2.39. The smallest absolute Gasteiger partial charge is 0.122 e. The minimum absolute atomic E-state index is 0.331. The highest BCUT2D eigenvalue weighted by Gasteiger charge is 2.37. The maximum Gasteiger partial charge on any atom is 0.122 e. The Morgan fingerprint density at radius 2 is 2.09 bits per heavy atom. The standard InChI is InChI=1S/C18H25N3O2/c1-13-6-4-5-7-17(13)23-12-18(22)8-9-21(11-18)10-16-14(2)19-20-15(16)3/h4-7,22H,8-12H2,1-3H3,(H,19,20). The average molecular weight is 315 g/mol. The fourth-order valence-electron chi connectivity index (χ4n) is 3.15. The van der Waals surface area contributed by atoms with E-state index in [9.17, 15) is 5.11 Å². The van der Waals surface area contributed by atoms with Crippen LogP contribution in [0.15, 0.2) is 24.3 Å². The fraction of sp³-hybridized carbons (Fsp3) is 0.500. The van der Waals surface area contributed by atoms with Crippen LogP contribution < -0.4 is 4.74 Å². The molecule has 2 aromatic rings. The van der Waals surface area contributed by atoms with Gasteiger partial charge in [-0.15, -0.1) is 0 Å². The van der Waals surface area contributed by atoms with E-state index in [2.05, 4.69) is 15.1 Å². The van der Waals surface area contributed by atoms with E-state index in [0.717, 1.165) is 42.2 Å². The molecule has 5 heteroatoms. The summed E-state index contributed by atoms with van der Waals surface area (Å²) in [6, 6.07) is 7.91. The van der Waals surface area contributed by atoms with E-state index < -0.39 is 5.60 Å². The number of nitrogens with one attached hydrogen (secondary N) is 1. The number of ether oxygens (including phenoxy) is 1. The Morgan fingerprint density at radius 1 is 1.30 bits per heavy atom. The molecule has 0 amide bonds. The molecule has 5 nitrogen and oxygen atoms in total. The lowest BCUT2D eigenvalue weighted by atomic mass is 10.1. The maximum atomic E-state index is 10.8. The molecule has 0 bridgehead atoms. The second kappa shape index (κ2) is 6.34. The summed E-state index contributed by atoms with van der Waals surface area (Å²) in [4.78, 5) is 2.27. The first-order chi connectivity index (χ1) is 11.0. The summed E-state index contributed by atoms with van der Waals surface area (Å²) >= 11 is 0. The van der Waals surface area contributed by atoms with Crippen molar-refractivity contribution in [3.05, 3.63) is 46.8 Å². The fourth-order valence-corrected chi connectivity index (χ4v) is 3.15. The van der Waals surface area contributed by atoms with Gasteiger partial charge in [0, 0.05) is 30.9 Å². The Kier molecular flexibility index (Phi) is 4.41. The third kappa shape index (κ3) is 3.57. The number of likely N-dealkylation sites (tertiary alicyclic amines) is 1. The summed E-state index contributed by atoms with van der Waals surface area (Å²) in [5.41, 5.74) is 3.68. The van der Waals surface area contributed by atoms with E-state index in [1.165, 1.54) is 5.56 Å². The number of H-pyrrole nitrogens is 1. The van der Waals surface area contributed by atoms with Crippen molar-refractivity contribution in [2.45, 2.75) is 39.3 Å². The number of hydrogen-bond acceptors (Lipinski definition) is 4. The molecule has 1 aliphatic rings. The lowest BCUT2D eigenvalue weighted by Gasteiger charge is -2.24. The van der Waals surface area contributed by atoms with E-state index in [0.29, 0.717) is 13.2 Å². The van der Waals surface area contributed by atoms with Gasteiger partial charge in [-0.2, -0.15) is 5.10 Å². The largest absolute Gasteiger partial charge is 0.490 e. The van der Waals surface area contributed by atoms with Crippen LogP contribution in [-0.4, -0.2) is 45.5 Å². The molecule has 1 fully saturated rings. The number of hydrogen-bond donors (Lipinski definition) is 2. The first-order valence-corrected chi connectivity index (χ1v) is 8.10. The van der Waals surface area contributed by atoms with Crippen LogP contribution in [0.2, 0.25) is 0 Å². The SMILES string of the molecule is Cc1ccccc1OCC1(O)CCN(Cc2c(C)n[nH]c2C)C1. The Hall–Kier alpha value is -1.85. The zero-order valence-corrected chi connectivity index (χ0v) is 14.1. The molecular formula is C18H25N3O2. The topological polar surface area (TPSA) is 61.4 Å². The third-order valence-electron chi connectivity index (χ3n) is 4.66. The van der Waals surface area contributed by atoms with Gasteiger partial charge in [0.1, 0.15) is 18.0 Å². The predicted octanol–water partition coefficient (Wildman–Crippen LogP) is 2.35. The van der Waals surface area contributed by atoms with Crippen LogP contribution >= 0.6 is 0 Å². The number of nitrogens with zero attached hydrogens (tertiary/aromatic N) is 2. The second-order valence-electron chi connectivity index (χ2n) is 6.65. The van der Waals surface area contributed by atoms with E-state index in [1.54, 1.807) is 0 Å². The summed E-state index contributed by atoms with van der Waals surface area (Å²) in [6.45, 7) is 8.73. The first-order valence-electron chi connectivity index (χ1n) is 8.10. The molecule has 1 unspecified atom stereocenters. The molecular weight excluding hydrogens is 290 g/mol. The van der Waals surface area contributed by atoms with Gasteiger partial charge in [0.25, 0.3) is 0 Å². The molecule has 0 radical (unpaired) electrons. The molecule has 23 heavy (non-hydrogen) atoms. The summed E-state index contributed by atoms with van der Waals surface area (Å²) in [5.74, 6) is 0.848. The molecule has 2 N–H and O–H groups in total. The zero-order valence-electron chi connectivity index (χ0n) is 14.1. The van der Waals surface area contributed by atoms with Crippen LogP contribution in [0.1, 0.15) is 28.9 Å². The van der Waals surface area contributed by atoms with Gasteiger partial charge in [-0.3, -0.25) is 10.00 Å². The van der Waals surface area contributed by atoms with Crippen molar-refractivity contribution >= 4 is 0 Å². The van der Waals surface area contributed by atoms with Crippen LogP contribution in [0.4, 0.5) is 0 Å². The molecule has 1 atom stereocenters. The van der Waals surface area contributed by atoms with Crippen LogP contribution in [0.3, 0.4) is 0 Å². The van der Waals surface area contributed by atoms with Crippen molar-refractivity contribution in [3.8, 4) is 5.75 Å². The quantitative estimate of drug-likeness (QED) is 0.889. The van der Waals surface area contributed by atoms with Crippen molar-refractivity contribution < 1.29 is 9.84 Å². The highest BCUT2D eigenvalue weighted by Crippen LogP contribution is 2.26. The van der Waals surface area contributed by atoms with Crippen LogP contribution in [0.5, 0.6) is 5.75 Å². The monoisotopic (exact) mass is 315 g/mol. The number of aryl methyl sites for hydroxylation is 3. The van der Waals surface area contributed by atoms with E-state index in [-0.39, 0.29) is 0 Å². The molecule has 3 rings (SSSR count). The minimum Gasteiger partial charge on any atom is -0.490 e. The van der Waals surface area contributed by atoms with Gasteiger partial charge < -0.3 is 9.84 Å². The van der Waals surface area contributed by atoms with Crippen molar-refractivity contribution in [3.63, 3.8) is 0 Å². The zero-order chi connectivity index (χ0) is 16.4. The van der Waals surface area contributed by atoms with Gasteiger partial charge >= 0.3 is 0 Å². The Morgan fingerprint density at radius 3 is 2.78 bits per heavy atom. The van der Waals surface area contributed by atoms with Gasteiger partial charge in [-0.05, 0) is 38.8 Å². The number of aliphatic hydroxyl groups is 1. The molecule has 0 aliphatic carbocycles. The van der Waals surface area contributed by atoms with Gasteiger partial charge in [0.05, 0.1) is 5.69 Å². The Bertz CT molecular complexity index is 663. The molecule has 2 heterocycles. The molecule has 1 aliphatic heterocycles. The molecule has 0 spiro atoms. The molecule has 1 saturated heterocycles. The maximum absolute atomic E-state index is 10.8. The van der Waals surface area contributed by atoms with E-state index in [1.807, 2.05) is 45.0 Å². The number of aromatic amines is 1. The number of para-hydroxylation sites is 1. The minimum atomic E-state index is -0.784. The van der Waals surface area contributed by atoms with Gasteiger partial charge in [-0.1, -0.05) is 18.2 Å². The second-order valence-corrected chi connectivity index (χ2v) is 6.65. The summed E-state index contributed by atoms with van der Waals surface area (Å²) in [6.07, 6.45) is 0.731. The average Bonchev–Trinajstić information content (AvgIpc) is 3.05. The van der Waals surface area contributed by atoms with Crippen molar-refractivity contribution in [1.82, 2.24) is 15.1 Å². The van der Waals surface area contributed by atoms with E-state index in [4.69, 9.17) is 4.74 Å². The normalized spacial score (nSPS) is 21.7. The lowest BCUT2D eigenvalue weighted by molar-refractivity contribution is 0.00317. The summed E-state index contributed by atoms with van der Waals surface area (Å²) < 4.78 is 5.86. The van der Waals surface area contributed by atoms with Gasteiger partial charge in [0.15, 0.2) is 0 Å². The first kappa shape index (κ1) is 16.0. The molecule has 1 aromatic heterocycles. The van der Waals surface area contributed by atoms with Crippen LogP contribution in [0.25, 0.3) is 0 Å². The van der Waals surface area contributed by atoms with Gasteiger partial charge in [0.2, 0.25) is 0 Å². The molecule has 124 valence electrons. The summed E-state index contributed by atoms with van der Waals surface area (Å²) in [7, 11) is 0. The molecule has 0 saturated carbocycles. The number of rotatable bonds is 5. The van der Waals surface area contributed by atoms with Crippen molar-refractivity contribution in [1.29, 1.82) is 0 Å². The van der Waals surface area contributed by atoms with Crippen LogP contribution in [-0.2, 0) is 6.54 Å². The van der Waals surface area contributed by atoms with Crippen LogP contribution in [0, 0.1) is 20.8 Å². The van der Waals surface area contributed by atoms with Crippen molar-refractivity contribution in [2.75, 3.05) is 19.7 Å². The number of benzene rings is 1. The van der Waals surface area contributed by atoms with E-state index >= 15 is 0 Å². The Labute approximate surface area is 137 Å². The molecule has 1 aromatic carbocycles. The van der Waals surface area contributed by atoms with Crippen molar-refractivity contribution in [2.24, 2.45) is 0 Å². The Balaban J connectivity index is 1.59. The summed E-state index contributed by atoms with van der Waals surface area (Å²) in [5, 5.41) is 18.1. The highest BCUT2D eigenvalue weighted by molar-refractivity contribution is 5.31.